The lowest BCUT2D eigenvalue weighted by molar-refractivity contribution is -0.137. The zero-order chi connectivity index (χ0) is 20.2. The first kappa shape index (κ1) is 19.3. The molecule has 29 heavy (non-hydrogen) atoms. The first-order valence-corrected chi connectivity index (χ1v) is 10.2. The molecule has 150 valence electrons. The molecule has 1 aromatic heterocycles. The van der Waals surface area contributed by atoms with E-state index < -0.39 is 5.97 Å². The second kappa shape index (κ2) is 8.53. The van der Waals surface area contributed by atoms with Gasteiger partial charge in [-0.15, -0.1) is 11.3 Å². The van der Waals surface area contributed by atoms with Crippen LogP contribution in [-0.2, 0) is 4.79 Å². The lowest BCUT2D eigenvalue weighted by Gasteiger charge is -2.21. The van der Waals surface area contributed by atoms with Crippen molar-refractivity contribution < 1.29 is 24.1 Å². The number of rotatable bonds is 7. The Morgan fingerprint density at radius 1 is 1.24 bits per heavy atom. The Labute approximate surface area is 172 Å². The molecule has 7 heteroatoms. The minimum Gasteiger partial charge on any atom is -0.493 e. The summed E-state index contributed by atoms with van der Waals surface area (Å²) in [7, 11) is 1.60. The highest BCUT2D eigenvalue weighted by molar-refractivity contribution is 7.19. The summed E-state index contributed by atoms with van der Waals surface area (Å²) in [5.41, 5.74) is 2.83. The maximum Gasteiger partial charge on any atom is 0.303 e. The number of carbonyl (C=O) groups is 1. The molecule has 2 aromatic carbocycles. The van der Waals surface area contributed by atoms with Gasteiger partial charge < -0.3 is 19.3 Å². The number of para-hydroxylation sites is 1. The van der Waals surface area contributed by atoms with E-state index in [0.29, 0.717) is 43.3 Å². The van der Waals surface area contributed by atoms with Crippen molar-refractivity contribution in [1.82, 2.24) is 4.98 Å². The molecule has 1 aliphatic heterocycles. The van der Waals surface area contributed by atoms with E-state index in [4.69, 9.17) is 24.3 Å². The van der Waals surface area contributed by atoms with Crippen LogP contribution in [0.1, 0.15) is 29.8 Å². The van der Waals surface area contributed by atoms with E-state index in [0.717, 1.165) is 26.4 Å². The van der Waals surface area contributed by atoms with Crippen LogP contribution in [0.2, 0.25) is 0 Å². The minimum atomic E-state index is -0.797. The molecule has 1 aliphatic rings. The van der Waals surface area contributed by atoms with Crippen molar-refractivity contribution in [2.75, 3.05) is 20.3 Å². The van der Waals surface area contributed by atoms with Gasteiger partial charge in [-0.2, -0.15) is 0 Å². The number of nitrogens with zero attached hydrogens (tertiary/aromatic N) is 1. The summed E-state index contributed by atoms with van der Waals surface area (Å²) in [5, 5.41) is 9.92. The van der Waals surface area contributed by atoms with Gasteiger partial charge in [-0.25, -0.2) is 4.98 Å². The average Bonchev–Trinajstić information content (AvgIpc) is 3.16. The number of fused-ring (bicyclic) bond motifs is 2. The normalized spacial score (nSPS) is 13.5. The second-order valence-electron chi connectivity index (χ2n) is 6.65. The van der Waals surface area contributed by atoms with Gasteiger partial charge in [0.05, 0.1) is 17.3 Å². The highest BCUT2D eigenvalue weighted by Crippen LogP contribution is 2.41. The molecule has 0 bridgehead atoms. The van der Waals surface area contributed by atoms with Crippen molar-refractivity contribution in [2.45, 2.75) is 19.3 Å². The number of ether oxygens (including phenoxy) is 3. The van der Waals surface area contributed by atoms with E-state index in [2.05, 4.69) is 0 Å². The van der Waals surface area contributed by atoms with Crippen LogP contribution in [0.15, 0.2) is 36.4 Å². The number of allylic oxidation sites excluding steroid dienone is 1. The van der Waals surface area contributed by atoms with Crippen molar-refractivity contribution in [3.05, 3.63) is 47.0 Å². The van der Waals surface area contributed by atoms with E-state index in [1.54, 1.807) is 18.4 Å². The van der Waals surface area contributed by atoms with Crippen molar-refractivity contribution in [3.63, 3.8) is 0 Å². The monoisotopic (exact) mass is 411 g/mol. The standard InChI is InChI=1S/C22H21NO5S/c1-26-17-12-14(13-18-21(17)28-10-9-27-18)11-15(5-4-8-20(24)25)22-23-16-6-2-3-7-19(16)29-22/h2-3,6-7,11-13H,4-5,8-10H2,1H3,(H,24,25). The number of methoxy groups -OCH3 is 1. The Hall–Kier alpha value is -3.06. The van der Waals surface area contributed by atoms with Crippen molar-refractivity contribution in [2.24, 2.45) is 0 Å². The lowest BCUT2D eigenvalue weighted by Crippen LogP contribution is -2.16. The van der Waals surface area contributed by atoms with Gasteiger partial charge in [-0.05, 0) is 54.3 Å². The molecule has 0 spiro atoms. The summed E-state index contributed by atoms with van der Waals surface area (Å²) in [4.78, 5) is 15.7. The predicted octanol–water partition coefficient (Wildman–Crippen LogP) is 4.87. The molecule has 0 fully saturated rings. The smallest absolute Gasteiger partial charge is 0.303 e. The van der Waals surface area contributed by atoms with Gasteiger partial charge in [-0.3, -0.25) is 4.79 Å². The van der Waals surface area contributed by atoms with Crippen LogP contribution in [0.3, 0.4) is 0 Å². The second-order valence-corrected chi connectivity index (χ2v) is 7.68. The van der Waals surface area contributed by atoms with Crippen LogP contribution in [-0.4, -0.2) is 36.4 Å². The highest BCUT2D eigenvalue weighted by atomic mass is 32.1. The highest BCUT2D eigenvalue weighted by Gasteiger charge is 2.19. The predicted molar refractivity (Wildman–Crippen MR) is 113 cm³/mol. The fourth-order valence-electron chi connectivity index (χ4n) is 3.26. The fourth-order valence-corrected chi connectivity index (χ4v) is 4.27. The van der Waals surface area contributed by atoms with Crippen molar-refractivity contribution in [3.8, 4) is 17.2 Å². The number of benzene rings is 2. The topological polar surface area (TPSA) is 77.9 Å². The van der Waals surface area contributed by atoms with Crippen LogP contribution in [0.4, 0.5) is 0 Å². The van der Waals surface area contributed by atoms with Crippen LogP contribution in [0, 0.1) is 0 Å². The molecule has 0 aliphatic carbocycles. The molecule has 2 heterocycles. The number of carboxylic acid groups (broad SMARTS) is 1. The number of thiazole rings is 1. The number of hydrogen-bond donors (Lipinski definition) is 1. The molecule has 0 unspecified atom stereocenters. The van der Waals surface area contributed by atoms with Gasteiger partial charge in [0.15, 0.2) is 11.5 Å². The molecule has 0 atom stereocenters. The van der Waals surface area contributed by atoms with Crippen LogP contribution in [0.25, 0.3) is 21.9 Å². The molecular formula is C22H21NO5S. The third-order valence-electron chi connectivity index (χ3n) is 4.60. The summed E-state index contributed by atoms with van der Waals surface area (Å²) in [5.74, 6) is 1.08. The molecule has 0 saturated carbocycles. The largest absolute Gasteiger partial charge is 0.493 e. The quantitative estimate of drug-likeness (QED) is 0.598. The minimum absolute atomic E-state index is 0.118. The molecule has 1 N–H and O–H groups in total. The molecule has 4 rings (SSSR count). The van der Waals surface area contributed by atoms with Gasteiger partial charge in [0.2, 0.25) is 5.75 Å². The van der Waals surface area contributed by atoms with Crippen LogP contribution >= 0.6 is 11.3 Å². The number of aromatic nitrogens is 1. The molecule has 0 saturated heterocycles. The van der Waals surface area contributed by atoms with Gasteiger partial charge in [-0.1, -0.05) is 12.1 Å². The van der Waals surface area contributed by atoms with Crippen molar-refractivity contribution >= 4 is 39.2 Å². The summed E-state index contributed by atoms with van der Waals surface area (Å²) in [6.07, 6.45) is 3.30. The third-order valence-corrected chi connectivity index (χ3v) is 5.71. The van der Waals surface area contributed by atoms with E-state index in [9.17, 15) is 4.79 Å². The summed E-state index contributed by atoms with van der Waals surface area (Å²) in [6, 6.07) is 11.8. The number of carboxylic acids is 1. The Balaban J connectivity index is 1.73. The van der Waals surface area contributed by atoms with Gasteiger partial charge >= 0.3 is 5.97 Å². The summed E-state index contributed by atoms with van der Waals surface area (Å²) in [6.45, 7) is 0.983. The molecule has 0 amide bonds. The van der Waals surface area contributed by atoms with Gasteiger partial charge in [0, 0.05) is 6.42 Å². The number of aliphatic carboxylic acids is 1. The first-order valence-electron chi connectivity index (χ1n) is 9.40. The SMILES string of the molecule is COc1cc(C=C(CCCC(=O)O)c2nc3ccccc3s2)cc2c1OCCO2. The number of hydrogen-bond acceptors (Lipinski definition) is 6. The molecule has 6 nitrogen and oxygen atoms in total. The van der Waals surface area contributed by atoms with Gasteiger partial charge in [0.25, 0.3) is 0 Å². The Bertz CT molecular complexity index is 1020. The fraction of sp³-hybridized carbons (Fsp3) is 0.273. The lowest BCUT2D eigenvalue weighted by atomic mass is 10.0. The summed E-state index contributed by atoms with van der Waals surface area (Å²) < 4.78 is 18.0. The zero-order valence-electron chi connectivity index (χ0n) is 16.0. The Morgan fingerprint density at radius 3 is 2.86 bits per heavy atom. The zero-order valence-corrected chi connectivity index (χ0v) is 16.8. The molecule has 3 aromatic rings. The Morgan fingerprint density at radius 2 is 2.07 bits per heavy atom. The maximum absolute atomic E-state index is 11.0. The molecule has 0 radical (unpaired) electrons. The summed E-state index contributed by atoms with van der Waals surface area (Å²) >= 11 is 1.61. The van der Waals surface area contributed by atoms with Crippen LogP contribution < -0.4 is 14.2 Å². The van der Waals surface area contributed by atoms with E-state index in [-0.39, 0.29) is 6.42 Å². The Kier molecular flexibility index (Phi) is 5.67. The van der Waals surface area contributed by atoms with E-state index in [1.165, 1.54) is 0 Å². The van der Waals surface area contributed by atoms with Crippen LogP contribution in [0.5, 0.6) is 17.2 Å². The molecular weight excluding hydrogens is 390 g/mol. The van der Waals surface area contributed by atoms with Gasteiger partial charge in [0.1, 0.15) is 18.2 Å². The maximum atomic E-state index is 11.0. The average molecular weight is 411 g/mol. The van der Waals surface area contributed by atoms with E-state index >= 15 is 0 Å². The van der Waals surface area contributed by atoms with Crippen molar-refractivity contribution in [1.29, 1.82) is 0 Å². The van der Waals surface area contributed by atoms with E-state index in [1.807, 2.05) is 42.5 Å². The third kappa shape index (κ3) is 4.35. The first-order chi connectivity index (χ1) is 14.1.